The van der Waals surface area contributed by atoms with Gasteiger partial charge in [0.05, 0.1) is 0 Å². The van der Waals surface area contributed by atoms with Crippen molar-refractivity contribution in [2.45, 2.75) is 25.3 Å². The van der Waals surface area contributed by atoms with Gasteiger partial charge < -0.3 is 15.3 Å². The van der Waals surface area contributed by atoms with Gasteiger partial charge in [-0.15, -0.1) is 0 Å². The van der Waals surface area contributed by atoms with Gasteiger partial charge in [0.2, 0.25) is 0 Å². The number of hydrogen-bond acceptors (Lipinski definition) is 2. The third-order valence-corrected chi connectivity index (χ3v) is 2.77. The van der Waals surface area contributed by atoms with Crippen molar-refractivity contribution in [3.05, 3.63) is 0 Å². The maximum atomic E-state index is 11.4. The number of carbonyl (C=O) groups excluding carboxylic acids is 1. The number of nitrogens with one attached hydrogen (secondary N) is 1. The Bertz CT molecular complexity index is 263. The first-order chi connectivity index (χ1) is 6.70. The fourth-order valence-corrected chi connectivity index (χ4v) is 1.91. The highest BCUT2D eigenvalue weighted by atomic mass is 16.4. The number of nitrogens with zero attached hydrogens (tertiary/aromatic N) is 1. The molecule has 2 N–H and O–H groups in total. The highest BCUT2D eigenvalue weighted by Gasteiger charge is 2.42. The van der Waals surface area contributed by atoms with E-state index in [0.29, 0.717) is 13.1 Å². The van der Waals surface area contributed by atoms with E-state index in [2.05, 4.69) is 5.32 Å². The second-order valence-electron chi connectivity index (χ2n) is 3.90. The Hall–Kier alpha value is -1.26. The van der Waals surface area contributed by atoms with Crippen molar-refractivity contribution in [1.82, 2.24) is 10.2 Å². The standard InChI is InChI=1S/C9H14N2O3/c12-8(13)7(6-2-3-6)11-5-1-4-10-9(11)14/h6-7H,1-5H2,(H,10,14)(H,12,13). The molecule has 0 aromatic heterocycles. The van der Waals surface area contributed by atoms with E-state index in [1.807, 2.05) is 0 Å². The predicted octanol–water partition coefficient (Wildman–Crippen LogP) is 0.265. The predicted molar refractivity (Wildman–Crippen MR) is 48.9 cm³/mol. The molecule has 1 heterocycles. The number of carboxylic acids is 1. The molecule has 2 rings (SSSR count). The summed E-state index contributed by atoms with van der Waals surface area (Å²) in [6.07, 6.45) is 2.70. The molecule has 78 valence electrons. The molecule has 0 aromatic rings. The fraction of sp³-hybridized carbons (Fsp3) is 0.778. The molecule has 0 bridgehead atoms. The van der Waals surface area contributed by atoms with E-state index in [0.717, 1.165) is 19.3 Å². The van der Waals surface area contributed by atoms with E-state index < -0.39 is 12.0 Å². The summed E-state index contributed by atoms with van der Waals surface area (Å²) >= 11 is 0. The number of carboxylic acid groups (broad SMARTS) is 1. The average Bonchev–Trinajstić information content (AvgIpc) is 2.92. The Balaban J connectivity index is 2.08. The second kappa shape index (κ2) is 3.48. The zero-order valence-corrected chi connectivity index (χ0v) is 7.90. The van der Waals surface area contributed by atoms with Gasteiger partial charge in [-0.2, -0.15) is 0 Å². The zero-order chi connectivity index (χ0) is 10.1. The summed E-state index contributed by atoms with van der Waals surface area (Å²) in [5.41, 5.74) is 0. The van der Waals surface area contributed by atoms with Crippen LogP contribution in [0.5, 0.6) is 0 Å². The minimum Gasteiger partial charge on any atom is -0.480 e. The van der Waals surface area contributed by atoms with Crippen LogP contribution in [0.2, 0.25) is 0 Å². The van der Waals surface area contributed by atoms with Crippen LogP contribution in [0.15, 0.2) is 0 Å². The number of rotatable bonds is 3. The quantitative estimate of drug-likeness (QED) is 0.683. The van der Waals surface area contributed by atoms with Crippen molar-refractivity contribution < 1.29 is 14.7 Å². The highest BCUT2D eigenvalue weighted by Crippen LogP contribution is 2.35. The molecule has 1 saturated carbocycles. The van der Waals surface area contributed by atoms with Crippen LogP contribution in [-0.2, 0) is 4.79 Å². The fourth-order valence-electron chi connectivity index (χ4n) is 1.91. The van der Waals surface area contributed by atoms with E-state index in [9.17, 15) is 9.59 Å². The molecule has 1 aliphatic heterocycles. The normalized spacial score (nSPS) is 24.3. The smallest absolute Gasteiger partial charge is 0.326 e. The van der Waals surface area contributed by atoms with Gasteiger partial charge in [-0.3, -0.25) is 0 Å². The maximum absolute atomic E-state index is 11.4. The minimum atomic E-state index is -0.871. The molecular formula is C9H14N2O3. The van der Waals surface area contributed by atoms with Gasteiger partial charge in [-0.1, -0.05) is 0 Å². The molecule has 1 atom stereocenters. The molecule has 1 aliphatic carbocycles. The Morgan fingerprint density at radius 1 is 1.57 bits per heavy atom. The molecular weight excluding hydrogens is 184 g/mol. The maximum Gasteiger partial charge on any atom is 0.326 e. The monoisotopic (exact) mass is 198 g/mol. The molecule has 0 aromatic carbocycles. The molecule has 5 nitrogen and oxygen atoms in total. The summed E-state index contributed by atoms with van der Waals surface area (Å²) in [5.74, 6) is -0.694. The van der Waals surface area contributed by atoms with Crippen LogP contribution < -0.4 is 5.32 Å². The van der Waals surface area contributed by atoms with Gasteiger partial charge in [-0.05, 0) is 25.2 Å². The van der Waals surface area contributed by atoms with Crippen LogP contribution in [0, 0.1) is 5.92 Å². The first-order valence-electron chi connectivity index (χ1n) is 4.97. The molecule has 0 radical (unpaired) electrons. The summed E-state index contributed by atoms with van der Waals surface area (Å²) in [7, 11) is 0. The molecule has 2 amide bonds. The Labute approximate surface area is 82.1 Å². The highest BCUT2D eigenvalue weighted by molar-refractivity contribution is 5.83. The van der Waals surface area contributed by atoms with Crippen LogP contribution in [0.4, 0.5) is 4.79 Å². The largest absolute Gasteiger partial charge is 0.480 e. The van der Waals surface area contributed by atoms with Crippen molar-refractivity contribution in [3.8, 4) is 0 Å². The number of aliphatic carboxylic acids is 1. The Morgan fingerprint density at radius 2 is 2.29 bits per heavy atom. The molecule has 1 saturated heterocycles. The second-order valence-corrected chi connectivity index (χ2v) is 3.90. The van der Waals surface area contributed by atoms with Crippen molar-refractivity contribution in [2.75, 3.05) is 13.1 Å². The van der Waals surface area contributed by atoms with Gasteiger partial charge in [0.1, 0.15) is 6.04 Å². The SMILES string of the molecule is O=C(O)C(C1CC1)N1CCCNC1=O. The molecule has 14 heavy (non-hydrogen) atoms. The van der Waals surface area contributed by atoms with Crippen molar-refractivity contribution in [2.24, 2.45) is 5.92 Å². The van der Waals surface area contributed by atoms with Crippen LogP contribution in [0.3, 0.4) is 0 Å². The third kappa shape index (κ3) is 1.66. The number of urea groups is 1. The number of amides is 2. The molecule has 2 fully saturated rings. The molecule has 1 unspecified atom stereocenters. The lowest BCUT2D eigenvalue weighted by Gasteiger charge is -2.32. The van der Waals surface area contributed by atoms with Gasteiger partial charge in [-0.25, -0.2) is 9.59 Å². The molecule has 0 spiro atoms. The van der Waals surface area contributed by atoms with Crippen molar-refractivity contribution in [1.29, 1.82) is 0 Å². The van der Waals surface area contributed by atoms with Gasteiger partial charge in [0.25, 0.3) is 0 Å². The van der Waals surface area contributed by atoms with Crippen LogP contribution in [0.1, 0.15) is 19.3 Å². The van der Waals surface area contributed by atoms with Crippen molar-refractivity contribution in [3.63, 3.8) is 0 Å². The van der Waals surface area contributed by atoms with E-state index >= 15 is 0 Å². The lowest BCUT2D eigenvalue weighted by Crippen LogP contribution is -2.54. The summed E-state index contributed by atoms with van der Waals surface area (Å²) in [4.78, 5) is 23.9. The van der Waals surface area contributed by atoms with Gasteiger partial charge in [0, 0.05) is 13.1 Å². The minimum absolute atomic E-state index is 0.177. The first kappa shape index (κ1) is 9.30. The Morgan fingerprint density at radius 3 is 2.79 bits per heavy atom. The van der Waals surface area contributed by atoms with Gasteiger partial charge >= 0.3 is 12.0 Å². The topological polar surface area (TPSA) is 69.6 Å². The third-order valence-electron chi connectivity index (χ3n) is 2.77. The van der Waals surface area contributed by atoms with E-state index in [-0.39, 0.29) is 11.9 Å². The lowest BCUT2D eigenvalue weighted by atomic mass is 10.1. The van der Waals surface area contributed by atoms with Crippen LogP contribution >= 0.6 is 0 Å². The summed E-state index contributed by atoms with van der Waals surface area (Å²) in [5, 5.41) is 11.7. The summed E-state index contributed by atoms with van der Waals surface area (Å²) in [6.45, 7) is 1.23. The summed E-state index contributed by atoms with van der Waals surface area (Å²) in [6, 6.07) is -0.828. The van der Waals surface area contributed by atoms with Crippen molar-refractivity contribution >= 4 is 12.0 Å². The number of carbonyl (C=O) groups is 2. The Kier molecular flexibility index (Phi) is 2.31. The average molecular weight is 198 g/mol. The summed E-state index contributed by atoms with van der Waals surface area (Å²) < 4.78 is 0. The lowest BCUT2D eigenvalue weighted by molar-refractivity contribution is -0.143. The van der Waals surface area contributed by atoms with E-state index in [1.54, 1.807) is 0 Å². The molecule has 5 heteroatoms. The number of hydrogen-bond donors (Lipinski definition) is 2. The van der Waals surface area contributed by atoms with Crippen LogP contribution in [0.25, 0.3) is 0 Å². The van der Waals surface area contributed by atoms with Gasteiger partial charge in [0.15, 0.2) is 0 Å². The van der Waals surface area contributed by atoms with E-state index in [4.69, 9.17) is 5.11 Å². The van der Waals surface area contributed by atoms with E-state index in [1.165, 1.54) is 4.90 Å². The van der Waals surface area contributed by atoms with Crippen LogP contribution in [-0.4, -0.2) is 41.1 Å². The zero-order valence-electron chi connectivity index (χ0n) is 7.90. The first-order valence-corrected chi connectivity index (χ1v) is 4.97. The molecule has 2 aliphatic rings.